The van der Waals surface area contributed by atoms with Crippen LogP contribution in [0, 0.1) is 11.3 Å². The molecule has 0 heterocycles. The minimum atomic E-state index is 0.502. The summed E-state index contributed by atoms with van der Waals surface area (Å²) in [6.45, 7) is 0. The van der Waals surface area contributed by atoms with E-state index in [0.29, 0.717) is 28.5 Å². The first kappa shape index (κ1) is 14.1. The van der Waals surface area contributed by atoms with Crippen LogP contribution in [0.2, 0.25) is 0 Å². The standard InChI is InChI=1S/C15H14N2O2S/c1-18-14-8-10(17)6-7-13(14)19-12-4-3-5-15(20-2)11(12)9-16/h3-8H,17H2,1-2H3. The van der Waals surface area contributed by atoms with Gasteiger partial charge in [-0.25, -0.2) is 0 Å². The highest BCUT2D eigenvalue weighted by Crippen LogP contribution is 2.36. The van der Waals surface area contributed by atoms with Crippen molar-refractivity contribution in [3.8, 4) is 23.3 Å². The summed E-state index contributed by atoms with van der Waals surface area (Å²) in [5, 5.41) is 9.28. The minimum Gasteiger partial charge on any atom is -0.493 e. The fourth-order valence-corrected chi connectivity index (χ4v) is 2.33. The number of rotatable bonds is 4. The van der Waals surface area contributed by atoms with Crippen molar-refractivity contribution in [2.75, 3.05) is 19.1 Å². The molecule has 0 radical (unpaired) electrons. The van der Waals surface area contributed by atoms with Crippen LogP contribution in [0.4, 0.5) is 5.69 Å². The van der Waals surface area contributed by atoms with Gasteiger partial charge in [-0.3, -0.25) is 0 Å². The van der Waals surface area contributed by atoms with Gasteiger partial charge in [-0.05, 0) is 30.5 Å². The lowest BCUT2D eigenvalue weighted by atomic mass is 10.2. The summed E-state index contributed by atoms with van der Waals surface area (Å²) >= 11 is 1.50. The predicted octanol–water partition coefficient (Wildman–Crippen LogP) is 3.66. The summed E-state index contributed by atoms with van der Waals surface area (Å²) in [7, 11) is 1.55. The fraction of sp³-hybridized carbons (Fsp3) is 0.133. The fourth-order valence-electron chi connectivity index (χ4n) is 1.76. The Kier molecular flexibility index (Phi) is 4.38. The maximum absolute atomic E-state index is 9.28. The first-order valence-corrected chi connectivity index (χ1v) is 7.10. The Labute approximate surface area is 122 Å². The third-order valence-electron chi connectivity index (χ3n) is 2.73. The van der Waals surface area contributed by atoms with Crippen LogP contribution in [0.3, 0.4) is 0 Å². The number of anilines is 1. The zero-order valence-corrected chi connectivity index (χ0v) is 12.0. The summed E-state index contributed by atoms with van der Waals surface area (Å²) in [6, 6.07) is 12.8. The van der Waals surface area contributed by atoms with E-state index in [1.165, 1.54) is 11.8 Å². The van der Waals surface area contributed by atoms with Crippen molar-refractivity contribution in [3.63, 3.8) is 0 Å². The van der Waals surface area contributed by atoms with Gasteiger partial charge in [-0.15, -0.1) is 11.8 Å². The van der Waals surface area contributed by atoms with Crippen LogP contribution in [0.1, 0.15) is 5.56 Å². The van der Waals surface area contributed by atoms with Crippen LogP contribution >= 0.6 is 11.8 Å². The van der Waals surface area contributed by atoms with Crippen LogP contribution in [0.15, 0.2) is 41.3 Å². The molecule has 0 fully saturated rings. The lowest BCUT2D eigenvalue weighted by Gasteiger charge is -2.13. The SMILES string of the molecule is COc1cc(N)ccc1Oc1cccc(SC)c1C#N. The number of nitrogens with zero attached hydrogens (tertiary/aromatic N) is 1. The van der Waals surface area contributed by atoms with Gasteiger partial charge in [0.05, 0.1) is 7.11 Å². The van der Waals surface area contributed by atoms with Crippen LogP contribution < -0.4 is 15.2 Å². The third kappa shape index (κ3) is 2.81. The Bertz CT molecular complexity index is 665. The lowest BCUT2D eigenvalue weighted by molar-refractivity contribution is 0.378. The molecule has 2 N–H and O–H groups in total. The summed E-state index contributed by atoms with van der Waals surface area (Å²) < 4.78 is 11.0. The molecule has 0 saturated heterocycles. The molecule has 2 aromatic carbocycles. The van der Waals surface area contributed by atoms with Crippen molar-refractivity contribution in [2.24, 2.45) is 0 Å². The molecule has 5 heteroatoms. The molecule has 0 aliphatic heterocycles. The number of benzene rings is 2. The molecule has 102 valence electrons. The van der Waals surface area contributed by atoms with Crippen LogP contribution in [-0.4, -0.2) is 13.4 Å². The van der Waals surface area contributed by atoms with Gasteiger partial charge in [0.2, 0.25) is 0 Å². The van der Waals surface area contributed by atoms with E-state index in [1.54, 1.807) is 31.4 Å². The first-order chi connectivity index (χ1) is 9.69. The minimum absolute atomic E-state index is 0.502. The van der Waals surface area contributed by atoms with E-state index in [4.69, 9.17) is 15.2 Å². The number of thioether (sulfide) groups is 1. The molecule has 2 aromatic rings. The van der Waals surface area contributed by atoms with E-state index in [1.807, 2.05) is 18.4 Å². The Morgan fingerprint density at radius 2 is 1.95 bits per heavy atom. The van der Waals surface area contributed by atoms with Gasteiger partial charge < -0.3 is 15.2 Å². The Morgan fingerprint density at radius 1 is 1.15 bits per heavy atom. The van der Waals surface area contributed by atoms with E-state index in [9.17, 15) is 5.26 Å². The third-order valence-corrected chi connectivity index (χ3v) is 3.51. The zero-order valence-electron chi connectivity index (χ0n) is 11.2. The van der Waals surface area contributed by atoms with E-state index < -0.39 is 0 Å². The highest BCUT2D eigenvalue weighted by Gasteiger charge is 2.12. The number of nitriles is 1. The van der Waals surface area contributed by atoms with Crippen molar-refractivity contribution in [1.29, 1.82) is 5.26 Å². The first-order valence-electron chi connectivity index (χ1n) is 5.88. The molecule has 0 amide bonds. The number of hydrogen-bond acceptors (Lipinski definition) is 5. The number of ether oxygens (including phenoxy) is 2. The summed E-state index contributed by atoms with van der Waals surface area (Å²) in [6.07, 6.45) is 1.92. The Hall–Kier alpha value is -2.32. The number of nitrogen functional groups attached to an aromatic ring is 1. The molecule has 0 aromatic heterocycles. The van der Waals surface area contributed by atoms with Crippen molar-refractivity contribution in [1.82, 2.24) is 0 Å². The second kappa shape index (κ2) is 6.22. The number of nitrogens with two attached hydrogens (primary N) is 1. The predicted molar refractivity (Wildman–Crippen MR) is 80.4 cm³/mol. The quantitative estimate of drug-likeness (QED) is 0.686. The molecule has 20 heavy (non-hydrogen) atoms. The molecule has 0 unspecified atom stereocenters. The van der Waals surface area contributed by atoms with Gasteiger partial charge in [0.25, 0.3) is 0 Å². The van der Waals surface area contributed by atoms with E-state index in [2.05, 4.69) is 6.07 Å². The number of hydrogen-bond donors (Lipinski definition) is 1. The Morgan fingerprint density at radius 3 is 2.60 bits per heavy atom. The van der Waals surface area contributed by atoms with E-state index in [0.717, 1.165) is 4.90 Å². The topological polar surface area (TPSA) is 68.3 Å². The second-order valence-corrected chi connectivity index (χ2v) is 4.81. The van der Waals surface area contributed by atoms with Gasteiger partial charge in [0.1, 0.15) is 17.4 Å². The van der Waals surface area contributed by atoms with Gasteiger partial charge >= 0.3 is 0 Å². The smallest absolute Gasteiger partial charge is 0.169 e. The molecule has 0 bridgehead atoms. The molecular weight excluding hydrogens is 272 g/mol. The van der Waals surface area contributed by atoms with Crippen molar-refractivity contribution >= 4 is 17.4 Å². The van der Waals surface area contributed by atoms with Crippen LogP contribution in [0.25, 0.3) is 0 Å². The highest BCUT2D eigenvalue weighted by molar-refractivity contribution is 7.98. The highest BCUT2D eigenvalue weighted by atomic mass is 32.2. The molecule has 0 aliphatic rings. The van der Waals surface area contributed by atoms with Crippen LogP contribution in [-0.2, 0) is 0 Å². The second-order valence-electron chi connectivity index (χ2n) is 3.96. The number of methoxy groups -OCH3 is 1. The molecule has 0 spiro atoms. The maximum Gasteiger partial charge on any atom is 0.169 e. The largest absolute Gasteiger partial charge is 0.493 e. The molecule has 0 aliphatic carbocycles. The summed E-state index contributed by atoms with van der Waals surface area (Å²) in [5.41, 5.74) is 6.81. The normalized spacial score (nSPS) is 9.85. The van der Waals surface area contributed by atoms with Crippen molar-refractivity contribution in [2.45, 2.75) is 4.90 Å². The molecule has 2 rings (SSSR count). The summed E-state index contributed by atoms with van der Waals surface area (Å²) in [5.74, 6) is 1.56. The lowest BCUT2D eigenvalue weighted by Crippen LogP contribution is -1.95. The van der Waals surface area contributed by atoms with Gasteiger partial charge in [-0.1, -0.05) is 6.07 Å². The molecule has 4 nitrogen and oxygen atoms in total. The Balaban J connectivity index is 2.43. The maximum atomic E-state index is 9.28. The van der Waals surface area contributed by atoms with E-state index in [-0.39, 0.29) is 0 Å². The molecular formula is C15H14N2O2S. The average Bonchev–Trinajstić information content (AvgIpc) is 2.48. The van der Waals surface area contributed by atoms with E-state index >= 15 is 0 Å². The van der Waals surface area contributed by atoms with Gasteiger partial charge in [-0.2, -0.15) is 5.26 Å². The summed E-state index contributed by atoms with van der Waals surface area (Å²) in [4.78, 5) is 0.874. The van der Waals surface area contributed by atoms with Gasteiger partial charge in [0, 0.05) is 16.6 Å². The zero-order chi connectivity index (χ0) is 14.5. The molecule has 0 saturated carbocycles. The molecule has 0 atom stereocenters. The monoisotopic (exact) mass is 286 g/mol. The van der Waals surface area contributed by atoms with Crippen molar-refractivity contribution < 1.29 is 9.47 Å². The van der Waals surface area contributed by atoms with Crippen molar-refractivity contribution in [3.05, 3.63) is 42.0 Å². The van der Waals surface area contributed by atoms with Crippen LogP contribution in [0.5, 0.6) is 17.2 Å². The average molecular weight is 286 g/mol. The van der Waals surface area contributed by atoms with Gasteiger partial charge in [0.15, 0.2) is 11.5 Å².